The summed E-state index contributed by atoms with van der Waals surface area (Å²) in [6, 6.07) is 0. The summed E-state index contributed by atoms with van der Waals surface area (Å²) < 4.78 is 17.1. The molecule has 0 amide bonds. The average Bonchev–Trinajstić information content (AvgIpc) is 1.12. The van der Waals surface area contributed by atoms with Gasteiger partial charge < -0.3 is 38.5 Å². The quantitative estimate of drug-likeness (QED) is 0.313. The maximum atomic E-state index is 8.55. The summed E-state index contributed by atoms with van der Waals surface area (Å²) in [6.45, 7) is 0. The molecule has 0 spiro atoms. The van der Waals surface area contributed by atoms with E-state index < -0.39 is 15.6 Å². The molecule has 0 saturated carbocycles. The van der Waals surface area contributed by atoms with Gasteiger partial charge in [0.15, 0.2) is 0 Å². The first-order valence-electron chi connectivity index (χ1n) is 1.46. The minimum atomic E-state index is -5.39. The van der Waals surface area contributed by atoms with Gasteiger partial charge in [-0.2, -0.15) is 15.6 Å². The van der Waals surface area contributed by atoms with Gasteiger partial charge in [-0.15, -0.1) is 0 Å². The third kappa shape index (κ3) is 559. The summed E-state index contributed by atoms with van der Waals surface area (Å²) in [5.41, 5.74) is 0. The first-order chi connectivity index (χ1) is 4.00. The molecule has 13 heteroatoms. The molecule has 0 N–H and O–H groups in total. The third-order valence-electron chi connectivity index (χ3n) is 0. The minimum Gasteiger partial charge on any atom is -0.822 e. The van der Waals surface area contributed by atoms with Crippen LogP contribution in [-0.4, -0.2) is 0 Å². The van der Waals surface area contributed by atoms with Gasteiger partial charge in [-0.3, -0.25) is 0 Å². The largest absolute Gasteiger partial charge is 3.00 e. The van der Waals surface area contributed by atoms with Crippen molar-refractivity contribution in [3.63, 3.8) is 0 Å². The second kappa shape index (κ2) is 11.9. The van der Waals surface area contributed by atoms with Crippen LogP contribution in [0, 0.1) is 0 Å². The van der Waals surface area contributed by atoms with Crippen LogP contribution in [0.4, 0.5) is 0 Å². The Bertz CT molecular complexity index is 134. The molecule has 0 atom stereocenters. The van der Waals surface area contributed by atoms with Crippen LogP contribution in [0.25, 0.3) is 0 Å². The minimum absolute atomic E-state index is 0. The SMILES string of the molecule is O=P([O-])([O-])[O-].O=P([O-])([O-])[O-].[Cr+3].[Fe+2].[Li+]. The summed E-state index contributed by atoms with van der Waals surface area (Å²) >= 11 is 0. The predicted molar refractivity (Wildman–Crippen MR) is 15.2 cm³/mol. The molecule has 0 fully saturated rings. The molecule has 0 heterocycles. The van der Waals surface area contributed by atoms with Gasteiger partial charge >= 0.3 is 53.3 Å². The molecule has 0 aliphatic heterocycles. The zero-order valence-corrected chi connectivity index (χ0v) is 10.1. The Labute approximate surface area is 107 Å². The van der Waals surface area contributed by atoms with E-state index in [1.807, 2.05) is 0 Å². The monoisotopic (exact) mass is 305 g/mol. The van der Waals surface area contributed by atoms with Crippen molar-refractivity contribution in [2.24, 2.45) is 0 Å². The van der Waals surface area contributed by atoms with E-state index in [0.29, 0.717) is 0 Å². The molecule has 0 aromatic heterocycles. The molecule has 0 aromatic carbocycles. The summed E-state index contributed by atoms with van der Waals surface area (Å²) in [5.74, 6) is 0. The standard InChI is InChI=1S/Cr.Fe.Li.2H3O4P/c;;;2*1-5(2,3)4/h;;;2*(H3,1,2,3,4)/q+3;+2;+1;;/p-6. The molecule has 0 rings (SSSR count). The van der Waals surface area contributed by atoms with E-state index in [9.17, 15) is 0 Å². The first kappa shape index (κ1) is 29.4. The van der Waals surface area contributed by atoms with Crippen LogP contribution >= 0.6 is 15.6 Å². The predicted octanol–water partition coefficient (Wildman–Crippen LogP) is -8.65. The fraction of sp³-hybridized carbons (Fsp3) is 0. The number of phosphoric acid groups is 2. The Hall–Kier alpha value is 1.87. The Kier molecular flexibility index (Phi) is 27.0. The van der Waals surface area contributed by atoms with Crippen molar-refractivity contribution in [1.82, 2.24) is 0 Å². The van der Waals surface area contributed by atoms with E-state index in [4.69, 9.17) is 38.5 Å². The van der Waals surface area contributed by atoms with Gasteiger partial charge in [0.2, 0.25) is 0 Å². The van der Waals surface area contributed by atoms with Crippen molar-refractivity contribution in [3.05, 3.63) is 0 Å². The Morgan fingerprint density at radius 2 is 0.692 bits per heavy atom. The van der Waals surface area contributed by atoms with Crippen molar-refractivity contribution >= 4 is 15.6 Å². The number of hydrogen-bond donors (Lipinski definition) is 0. The van der Waals surface area contributed by atoms with Crippen LogP contribution in [0.5, 0.6) is 0 Å². The van der Waals surface area contributed by atoms with Crippen LogP contribution in [0.2, 0.25) is 0 Å². The maximum Gasteiger partial charge on any atom is 3.00 e. The Morgan fingerprint density at radius 3 is 0.692 bits per heavy atom. The van der Waals surface area contributed by atoms with Gasteiger partial charge in [-0.1, -0.05) is 0 Å². The van der Waals surface area contributed by atoms with Crippen molar-refractivity contribution in [2.45, 2.75) is 0 Å². The van der Waals surface area contributed by atoms with Crippen LogP contribution in [-0.2, 0) is 43.6 Å². The fourth-order valence-corrected chi connectivity index (χ4v) is 0. The van der Waals surface area contributed by atoms with E-state index in [1.54, 1.807) is 0 Å². The van der Waals surface area contributed by atoms with Crippen molar-refractivity contribution in [1.29, 1.82) is 0 Å². The van der Waals surface area contributed by atoms with Crippen LogP contribution < -0.4 is 48.2 Å². The van der Waals surface area contributed by atoms with Gasteiger partial charge in [0.05, 0.1) is 0 Å². The second-order valence-electron chi connectivity index (χ2n) is 0.894. The van der Waals surface area contributed by atoms with E-state index in [2.05, 4.69) is 0 Å². The van der Waals surface area contributed by atoms with E-state index >= 15 is 0 Å². The van der Waals surface area contributed by atoms with Crippen molar-refractivity contribution in [3.8, 4) is 0 Å². The molecule has 0 aliphatic carbocycles. The van der Waals surface area contributed by atoms with Gasteiger partial charge in [0.1, 0.15) is 0 Å². The third-order valence-corrected chi connectivity index (χ3v) is 0. The topological polar surface area (TPSA) is 172 Å². The molecular formula is CrFeLiO8P2. The molecular weight excluding hydrogens is 305 g/mol. The Balaban J connectivity index is -0.0000000267. The van der Waals surface area contributed by atoms with Gasteiger partial charge in [-0.25, -0.2) is 0 Å². The van der Waals surface area contributed by atoms with E-state index in [1.165, 1.54) is 0 Å². The maximum absolute atomic E-state index is 8.55. The fourth-order valence-electron chi connectivity index (χ4n) is 0. The van der Waals surface area contributed by atoms with E-state index in [0.717, 1.165) is 0 Å². The average molecular weight is 305 g/mol. The summed E-state index contributed by atoms with van der Waals surface area (Å²) in [4.78, 5) is 51.3. The first-order valence-corrected chi connectivity index (χ1v) is 4.38. The Morgan fingerprint density at radius 1 is 0.692 bits per heavy atom. The zero-order valence-electron chi connectivity index (χ0n) is 5.92. The molecule has 0 bridgehead atoms. The van der Waals surface area contributed by atoms with Crippen molar-refractivity contribution < 1.29 is 91.8 Å². The molecule has 0 aromatic rings. The zero-order chi connectivity index (χ0) is 9.00. The summed E-state index contributed by atoms with van der Waals surface area (Å²) in [6.07, 6.45) is 0. The van der Waals surface area contributed by atoms with Crippen LogP contribution in [0.1, 0.15) is 0 Å². The summed E-state index contributed by atoms with van der Waals surface area (Å²) in [5, 5.41) is 0. The molecule has 0 saturated heterocycles. The van der Waals surface area contributed by atoms with Gasteiger partial charge in [0, 0.05) is 0 Å². The molecule has 0 aliphatic rings. The van der Waals surface area contributed by atoms with Gasteiger partial charge in [0.25, 0.3) is 0 Å². The van der Waals surface area contributed by atoms with Crippen LogP contribution in [0.3, 0.4) is 0 Å². The second-order valence-corrected chi connectivity index (χ2v) is 2.68. The summed E-state index contributed by atoms with van der Waals surface area (Å²) in [7, 11) is -10.8. The number of rotatable bonds is 0. The van der Waals surface area contributed by atoms with Crippen LogP contribution in [0.15, 0.2) is 0 Å². The van der Waals surface area contributed by atoms with E-state index in [-0.39, 0.29) is 53.3 Å². The molecule has 8 nitrogen and oxygen atoms in total. The van der Waals surface area contributed by atoms with Gasteiger partial charge in [-0.05, 0) is 0 Å². The smallest absolute Gasteiger partial charge is 0.822 e. The normalized spacial score (nSPS) is 9.08. The molecule has 13 heavy (non-hydrogen) atoms. The number of hydrogen-bond acceptors (Lipinski definition) is 8. The molecule has 1 radical (unpaired) electrons. The molecule has 73 valence electrons. The molecule has 0 unspecified atom stereocenters. The van der Waals surface area contributed by atoms with Crippen molar-refractivity contribution in [2.75, 3.05) is 0 Å².